The number of halogens is 3. The molecule has 7 heteroatoms. The quantitative estimate of drug-likeness (QED) is 0.851. The van der Waals surface area contributed by atoms with Gasteiger partial charge < -0.3 is 14.8 Å². The first kappa shape index (κ1) is 19.1. The van der Waals surface area contributed by atoms with E-state index < -0.39 is 23.2 Å². The van der Waals surface area contributed by atoms with E-state index in [9.17, 15) is 18.0 Å². The molecule has 0 aromatic heterocycles. The minimum Gasteiger partial charge on any atom is -0.487 e. The summed E-state index contributed by atoms with van der Waals surface area (Å²) in [5, 5.41) is 2.88. The summed E-state index contributed by atoms with van der Waals surface area (Å²) in [6.07, 6.45) is -3.89. The van der Waals surface area contributed by atoms with E-state index >= 15 is 0 Å². The van der Waals surface area contributed by atoms with Crippen LogP contribution in [0.2, 0.25) is 0 Å². The molecule has 1 aliphatic rings. The average Bonchev–Trinajstić information content (AvgIpc) is 2.58. The number of rotatable bonds is 4. The number of ether oxygens (including phenoxy) is 2. The first-order valence-electron chi connectivity index (χ1n) is 8.51. The molecule has 1 N–H and O–H groups in total. The number of nitrogens with one attached hydrogen (secondary N) is 1. The molecule has 2 aromatic carbocycles. The topological polar surface area (TPSA) is 47.6 Å². The van der Waals surface area contributed by atoms with Gasteiger partial charge in [0.15, 0.2) is 6.61 Å². The van der Waals surface area contributed by atoms with Gasteiger partial charge >= 0.3 is 6.18 Å². The van der Waals surface area contributed by atoms with Gasteiger partial charge in [0.25, 0.3) is 5.91 Å². The highest BCUT2D eigenvalue weighted by Crippen LogP contribution is 2.39. The maximum Gasteiger partial charge on any atom is 0.416 e. The Hall–Kier alpha value is -2.70. The maximum atomic E-state index is 12.7. The Kier molecular flexibility index (Phi) is 5.04. The van der Waals surface area contributed by atoms with Gasteiger partial charge in [-0.3, -0.25) is 4.79 Å². The molecule has 1 aliphatic heterocycles. The highest BCUT2D eigenvalue weighted by Gasteiger charge is 2.34. The Labute approximate surface area is 155 Å². The Morgan fingerprint density at radius 2 is 1.96 bits per heavy atom. The number of amides is 1. The number of carbonyl (C=O) groups is 1. The minimum absolute atomic E-state index is 0.00678. The molecule has 0 spiro atoms. The van der Waals surface area contributed by atoms with Crippen LogP contribution >= 0.6 is 0 Å². The summed E-state index contributed by atoms with van der Waals surface area (Å²) in [6.45, 7) is 3.49. The molecule has 27 heavy (non-hydrogen) atoms. The zero-order chi connectivity index (χ0) is 19.7. The molecule has 3 rings (SSSR count). The second-order valence-corrected chi connectivity index (χ2v) is 7.04. The van der Waals surface area contributed by atoms with Gasteiger partial charge in [0.1, 0.15) is 17.1 Å². The van der Waals surface area contributed by atoms with E-state index in [-0.39, 0.29) is 18.4 Å². The lowest BCUT2D eigenvalue weighted by molar-refractivity contribution is -0.137. The zero-order valence-corrected chi connectivity index (χ0v) is 15.0. The highest BCUT2D eigenvalue weighted by atomic mass is 19.4. The van der Waals surface area contributed by atoms with Crippen molar-refractivity contribution < 1.29 is 27.4 Å². The van der Waals surface area contributed by atoms with E-state index in [1.54, 1.807) is 0 Å². The molecule has 4 nitrogen and oxygen atoms in total. The van der Waals surface area contributed by atoms with Crippen LogP contribution < -0.4 is 14.8 Å². The lowest BCUT2D eigenvalue weighted by atomic mass is 9.90. The number of alkyl halides is 3. The van der Waals surface area contributed by atoms with Gasteiger partial charge in [-0.05, 0) is 38.1 Å². The monoisotopic (exact) mass is 379 g/mol. The molecule has 0 saturated carbocycles. The lowest BCUT2D eigenvalue weighted by Crippen LogP contribution is -2.42. The maximum absolute atomic E-state index is 12.7. The first-order chi connectivity index (χ1) is 12.6. The number of benzene rings is 2. The number of hydrogen-bond donors (Lipinski definition) is 1. The van der Waals surface area contributed by atoms with Crippen LogP contribution in [-0.2, 0) is 11.0 Å². The summed E-state index contributed by atoms with van der Waals surface area (Å²) < 4.78 is 49.4. The van der Waals surface area contributed by atoms with Gasteiger partial charge in [0, 0.05) is 12.0 Å². The second-order valence-electron chi connectivity index (χ2n) is 7.04. The van der Waals surface area contributed by atoms with E-state index in [0.29, 0.717) is 12.2 Å². The van der Waals surface area contributed by atoms with Crippen LogP contribution in [0.25, 0.3) is 0 Å². The van der Waals surface area contributed by atoms with Crippen molar-refractivity contribution >= 4 is 5.91 Å². The van der Waals surface area contributed by atoms with Crippen molar-refractivity contribution in [2.75, 3.05) is 6.61 Å². The van der Waals surface area contributed by atoms with Crippen molar-refractivity contribution in [2.45, 2.75) is 38.1 Å². The number of carbonyl (C=O) groups excluding carboxylic acids is 1. The predicted molar refractivity (Wildman–Crippen MR) is 93.6 cm³/mol. The Morgan fingerprint density at radius 3 is 2.70 bits per heavy atom. The second kappa shape index (κ2) is 7.13. The molecular formula is C20H20F3NO3. The summed E-state index contributed by atoms with van der Waals surface area (Å²) >= 11 is 0. The van der Waals surface area contributed by atoms with Crippen molar-refractivity contribution in [2.24, 2.45) is 0 Å². The smallest absolute Gasteiger partial charge is 0.416 e. The van der Waals surface area contributed by atoms with Crippen LogP contribution in [0.5, 0.6) is 11.5 Å². The van der Waals surface area contributed by atoms with Crippen molar-refractivity contribution in [1.29, 1.82) is 0 Å². The summed E-state index contributed by atoms with van der Waals surface area (Å²) in [5.74, 6) is 0.287. The number of fused-ring (bicyclic) bond motifs is 1. The normalized spacial score (nSPS) is 18.2. The van der Waals surface area contributed by atoms with Crippen LogP contribution in [0.4, 0.5) is 13.2 Å². The molecule has 0 aliphatic carbocycles. The van der Waals surface area contributed by atoms with E-state index in [2.05, 4.69) is 5.32 Å². The van der Waals surface area contributed by atoms with Gasteiger partial charge in [-0.1, -0.05) is 24.3 Å². The average molecular weight is 379 g/mol. The summed E-state index contributed by atoms with van der Waals surface area (Å²) in [7, 11) is 0. The molecule has 0 saturated heterocycles. The third kappa shape index (κ3) is 4.72. The zero-order valence-electron chi connectivity index (χ0n) is 15.0. The molecule has 1 atom stereocenters. The molecular weight excluding hydrogens is 359 g/mol. The summed E-state index contributed by atoms with van der Waals surface area (Å²) in [5.41, 5.74) is -0.404. The number of hydrogen-bond acceptors (Lipinski definition) is 3. The predicted octanol–water partition coefficient (Wildman–Crippen LogP) is 4.50. The largest absolute Gasteiger partial charge is 0.487 e. The fourth-order valence-corrected chi connectivity index (χ4v) is 3.08. The molecule has 0 fully saturated rings. The van der Waals surface area contributed by atoms with E-state index in [1.165, 1.54) is 12.1 Å². The van der Waals surface area contributed by atoms with E-state index in [0.717, 1.165) is 17.7 Å². The Bertz CT molecular complexity index is 833. The summed E-state index contributed by atoms with van der Waals surface area (Å²) in [4.78, 5) is 12.3. The number of para-hydroxylation sites is 1. The highest BCUT2D eigenvalue weighted by molar-refractivity contribution is 5.78. The van der Waals surface area contributed by atoms with Crippen molar-refractivity contribution in [3.63, 3.8) is 0 Å². The molecule has 0 bridgehead atoms. The van der Waals surface area contributed by atoms with Crippen LogP contribution in [0.3, 0.4) is 0 Å². The van der Waals surface area contributed by atoms with Crippen LogP contribution in [0, 0.1) is 0 Å². The summed E-state index contributed by atoms with van der Waals surface area (Å²) in [6, 6.07) is 11.6. The van der Waals surface area contributed by atoms with Gasteiger partial charge in [0.05, 0.1) is 11.6 Å². The van der Waals surface area contributed by atoms with E-state index in [1.807, 2.05) is 38.1 Å². The standard InChI is InChI=1S/C20H20F3NO3/c1-19(2)11-16(15-8-3-4-9-17(15)27-19)24-18(25)12-26-14-7-5-6-13(10-14)20(21,22)23/h3-10,16H,11-12H2,1-2H3,(H,24,25)/t16-/m1/s1. The van der Waals surface area contributed by atoms with Crippen molar-refractivity contribution in [3.05, 3.63) is 59.7 Å². The van der Waals surface area contributed by atoms with E-state index in [4.69, 9.17) is 9.47 Å². The molecule has 2 aromatic rings. The molecule has 0 unspecified atom stereocenters. The third-order valence-corrected chi connectivity index (χ3v) is 4.24. The van der Waals surface area contributed by atoms with Crippen LogP contribution in [-0.4, -0.2) is 18.1 Å². The van der Waals surface area contributed by atoms with Gasteiger partial charge in [-0.15, -0.1) is 0 Å². The fraction of sp³-hybridized carbons (Fsp3) is 0.350. The third-order valence-electron chi connectivity index (χ3n) is 4.24. The first-order valence-corrected chi connectivity index (χ1v) is 8.51. The van der Waals surface area contributed by atoms with Crippen molar-refractivity contribution in [3.8, 4) is 11.5 Å². The SMILES string of the molecule is CC1(C)C[C@@H](NC(=O)COc2cccc(C(F)(F)F)c2)c2ccccc2O1. The van der Waals surface area contributed by atoms with Crippen molar-refractivity contribution in [1.82, 2.24) is 5.32 Å². The molecule has 0 radical (unpaired) electrons. The Balaban J connectivity index is 1.65. The lowest BCUT2D eigenvalue weighted by Gasteiger charge is -2.37. The van der Waals surface area contributed by atoms with Gasteiger partial charge in [-0.25, -0.2) is 0 Å². The fourth-order valence-electron chi connectivity index (χ4n) is 3.08. The molecule has 1 heterocycles. The Morgan fingerprint density at radius 1 is 1.22 bits per heavy atom. The minimum atomic E-state index is -4.46. The molecule has 1 amide bonds. The van der Waals surface area contributed by atoms with Gasteiger partial charge in [0.2, 0.25) is 0 Å². The van der Waals surface area contributed by atoms with Crippen LogP contribution in [0.15, 0.2) is 48.5 Å². The molecule has 144 valence electrons. The van der Waals surface area contributed by atoms with Crippen LogP contribution in [0.1, 0.15) is 37.4 Å². The van der Waals surface area contributed by atoms with Gasteiger partial charge in [-0.2, -0.15) is 13.2 Å².